The third-order valence-corrected chi connectivity index (χ3v) is 6.85. The molecule has 2 aliphatic rings. The molecule has 28 heavy (non-hydrogen) atoms. The molecule has 154 valence electrons. The van der Waals surface area contributed by atoms with Gasteiger partial charge in [-0.05, 0) is 56.9 Å². The van der Waals surface area contributed by atoms with Gasteiger partial charge in [0.1, 0.15) is 5.54 Å². The van der Waals surface area contributed by atoms with Crippen molar-refractivity contribution < 1.29 is 18.0 Å². The van der Waals surface area contributed by atoms with Crippen LogP contribution in [0.5, 0.6) is 0 Å². The summed E-state index contributed by atoms with van der Waals surface area (Å²) in [5.41, 5.74) is 1.26. The largest absolute Gasteiger partial charge is 0.351 e. The molecule has 0 radical (unpaired) electrons. The molecule has 1 saturated carbocycles. The number of carbonyl (C=O) groups is 2. The van der Waals surface area contributed by atoms with Crippen molar-refractivity contribution in [2.45, 2.75) is 58.0 Å². The number of piperazine rings is 1. The lowest BCUT2D eigenvalue weighted by Crippen LogP contribution is -2.70. The molecule has 2 fully saturated rings. The van der Waals surface area contributed by atoms with E-state index in [0.717, 1.165) is 47.4 Å². The van der Waals surface area contributed by atoms with Crippen molar-refractivity contribution in [1.29, 1.82) is 0 Å². The summed E-state index contributed by atoms with van der Waals surface area (Å²) < 4.78 is 25.4. The molecule has 1 saturated heterocycles. The third-order valence-electron chi connectivity index (χ3n) is 5.65. The van der Waals surface area contributed by atoms with E-state index in [1.807, 2.05) is 32.0 Å². The topological polar surface area (TPSA) is 86.8 Å². The Morgan fingerprint density at radius 2 is 1.71 bits per heavy atom. The van der Waals surface area contributed by atoms with E-state index in [2.05, 4.69) is 5.32 Å². The Morgan fingerprint density at radius 3 is 2.25 bits per heavy atom. The van der Waals surface area contributed by atoms with Gasteiger partial charge in [-0.1, -0.05) is 18.9 Å². The average Bonchev–Trinajstić information content (AvgIpc) is 3.05. The lowest BCUT2D eigenvalue weighted by Gasteiger charge is -2.47. The Bertz CT molecular complexity index is 872. The lowest BCUT2D eigenvalue weighted by atomic mass is 9.93. The van der Waals surface area contributed by atoms with Crippen molar-refractivity contribution in [3.63, 3.8) is 0 Å². The fraction of sp³-hybridized carbons (Fsp3) is 0.600. The number of nitrogens with zero attached hydrogens (tertiary/aromatic N) is 2. The first-order valence-electron chi connectivity index (χ1n) is 9.68. The van der Waals surface area contributed by atoms with Crippen LogP contribution in [0.15, 0.2) is 18.2 Å². The standard InChI is InChI=1S/C20H29N3O4S/c1-14-9-15(2)11-17(10-14)23-18(24)12-22(28(4,26)27)13-20(23,3)19(25)21-16-7-5-6-8-16/h9-11,16H,5-8,12-13H2,1-4H3,(H,21,25)/t20-/m0/s1. The highest BCUT2D eigenvalue weighted by molar-refractivity contribution is 7.88. The summed E-state index contributed by atoms with van der Waals surface area (Å²) in [5.74, 6) is -0.703. The monoisotopic (exact) mass is 407 g/mol. The zero-order chi connectivity index (χ0) is 20.7. The van der Waals surface area contributed by atoms with Crippen molar-refractivity contribution in [3.8, 4) is 0 Å². The molecular formula is C20H29N3O4S. The Kier molecular flexibility index (Phi) is 5.55. The van der Waals surface area contributed by atoms with Gasteiger partial charge in [0.25, 0.3) is 0 Å². The molecule has 2 amide bonds. The van der Waals surface area contributed by atoms with Gasteiger partial charge in [0.2, 0.25) is 21.8 Å². The Labute approximate surface area is 167 Å². The van der Waals surface area contributed by atoms with Crippen LogP contribution in [-0.2, 0) is 19.6 Å². The second kappa shape index (κ2) is 7.48. The Balaban J connectivity index is 2.03. The number of hydrogen-bond donors (Lipinski definition) is 1. The van der Waals surface area contributed by atoms with Gasteiger partial charge in [0, 0.05) is 18.3 Å². The van der Waals surface area contributed by atoms with Gasteiger partial charge in [0.05, 0.1) is 12.8 Å². The summed E-state index contributed by atoms with van der Waals surface area (Å²) in [5, 5.41) is 3.06. The summed E-state index contributed by atoms with van der Waals surface area (Å²) in [6.45, 7) is 5.19. The molecule has 1 N–H and O–H groups in total. The van der Waals surface area contributed by atoms with E-state index in [9.17, 15) is 18.0 Å². The quantitative estimate of drug-likeness (QED) is 0.824. The van der Waals surface area contributed by atoms with E-state index in [1.54, 1.807) is 6.92 Å². The molecule has 1 aromatic carbocycles. The highest BCUT2D eigenvalue weighted by atomic mass is 32.2. The number of hydrogen-bond acceptors (Lipinski definition) is 4. The number of carbonyl (C=O) groups excluding carboxylic acids is 2. The first-order valence-corrected chi connectivity index (χ1v) is 11.5. The minimum absolute atomic E-state index is 0.0664. The van der Waals surface area contributed by atoms with E-state index in [-0.39, 0.29) is 25.0 Å². The smallest absolute Gasteiger partial charge is 0.247 e. The van der Waals surface area contributed by atoms with Crippen molar-refractivity contribution in [2.75, 3.05) is 24.2 Å². The maximum Gasteiger partial charge on any atom is 0.247 e. The van der Waals surface area contributed by atoms with Gasteiger partial charge in [-0.15, -0.1) is 0 Å². The molecule has 1 aliphatic carbocycles. The number of benzene rings is 1. The van der Waals surface area contributed by atoms with Crippen LogP contribution in [0.1, 0.15) is 43.7 Å². The van der Waals surface area contributed by atoms with Gasteiger partial charge in [-0.25, -0.2) is 8.42 Å². The van der Waals surface area contributed by atoms with Crippen molar-refractivity contribution in [1.82, 2.24) is 9.62 Å². The highest BCUT2D eigenvalue weighted by Crippen LogP contribution is 2.32. The lowest BCUT2D eigenvalue weighted by molar-refractivity contribution is -0.133. The molecule has 1 aliphatic heterocycles. The zero-order valence-corrected chi connectivity index (χ0v) is 17.8. The third kappa shape index (κ3) is 4.07. The molecule has 1 atom stereocenters. The fourth-order valence-corrected chi connectivity index (χ4v) is 5.13. The number of aryl methyl sites for hydroxylation is 2. The van der Waals surface area contributed by atoms with E-state index < -0.39 is 21.5 Å². The number of nitrogens with one attached hydrogen (secondary N) is 1. The van der Waals surface area contributed by atoms with Crippen molar-refractivity contribution >= 4 is 27.5 Å². The second-order valence-electron chi connectivity index (χ2n) is 8.33. The molecular weight excluding hydrogens is 378 g/mol. The van der Waals surface area contributed by atoms with Gasteiger partial charge >= 0.3 is 0 Å². The summed E-state index contributed by atoms with van der Waals surface area (Å²) in [4.78, 5) is 27.9. The van der Waals surface area contributed by atoms with Crippen LogP contribution in [0.4, 0.5) is 5.69 Å². The van der Waals surface area contributed by atoms with Gasteiger partial charge in [0.15, 0.2) is 0 Å². The first-order chi connectivity index (χ1) is 13.0. The summed E-state index contributed by atoms with van der Waals surface area (Å²) in [7, 11) is -3.61. The van der Waals surface area contributed by atoms with E-state index in [1.165, 1.54) is 4.90 Å². The van der Waals surface area contributed by atoms with Gasteiger partial charge in [-0.3, -0.25) is 14.5 Å². The minimum Gasteiger partial charge on any atom is -0.351 e. The number of anilines is 1. The fourth-order valence-electron chi connectivity index (χ4n) is 4.29. The van der Waals surface area contributed by atoms with Crippen LogP contribution in [0, 0.1) is 13.8 Å². The van der Waals surface area contributed by atoms with Gasteiger partial charge < -0.3 is 5.32 Å². The first kappa shape index (κ1) is 20.8. The van der Waals surface area contributed by atoms with Crippen LogP contribution >= 0.6 is 0 Å². The molecule has 8 heteroatoms. The van der Waals surface area contributed by atoms with E-state index in [0.29, 0.717) is 5.69 Å². The molecule has 1 aromatic rings. The molecule has 3 rings (SSSR count). The molecule has 0 aromatic heterocycles. The van der Waals surface area contributed by atoms with E-state index in [4.69, 9.17) is 0 Å². The number of sulfonamides is 1. The molecule has 0 bridgehead atoms. The maximum atomic E-state index is 13.3. The maximum absolute atomic E-state index is 13.3. The summed E-state index contributed by atoms with van der Waals surface area (Å²) in [6.07, 6.45) is 5.03. The molecule has 7 nitrogen and oxygen atoms in total. The molecule has 1 heterocycles. The van der Waals surface area contributed by atoms with Crippen LogP contribution in [0.25, 0.3) is 0 Å². The second-order valence-corrected chi connectivity index (χ2v) is 10.3. The van der Waals surface area contributed by atoms with Crippen LogP contribution < -0.4 is 10.2 Å². The van der Waals surface area contributed by atoms with Gasteiger partial charge in [-0.2, -0.15) is 4.31 Å². The van der Waals surface area contributed by atoms with Crippen LogP contribution in [0.2, 0.25) is 0 Å². The van der Waals surface area contributed by atoms with E-state index >= 15 is 0 Å². The Morgan fingerprint density at radius 1 is 1.14 bits per heavy atom. The summed E-state index contributed by atoms with van der Waals surface area (Å²) >= 11 is 0. The average molecular weight is 408 g/mol. The number of rotatable bonds is 4. The highest BCUT2D eigenvalue weighted by Gasteiger charge is 2.50. The number of amides is 2. The Hall–Kier alpha value is -1.93. The molecule has 0 spiro atoms. The predicted octanol–water partition coefficient (Wildman–Crippen LogP) is 1.73. The molecule has 0 unspecified atom stereocenters. The van der Waals surface area contributed by atoms with Crippen LogP contribution in [0.3, 0.4) is 0 Å². The predicted molar refractivity (Wildman–Crippen MR) is 109 cm³/mol. The van der Waals surface area contributed by atoms with Crippen LogP contribution in [-0.4, -0.2) is 55.5 Å². The zero-order valence-electron chi connectivity index (χ0n) is 17.0. The SMILES string of the molecule is Cc1cc(C)cc(N2C(=O)CN(S(C)(=O)=O)C[C@@]2(C)C(=O)NC2CCCC2)c1. The normalized spacial score (nSPS) is 24.6. The van der Waals surface area contributed by atoms with Crippen molar-refractivity contribution in [2.24, 2.45) is 0 Å². The minimum atomic E-state index is -3.61. The summed E-state index contributed by atoms with van der Waals surface area (Å²) in [6, 6.07) is 5.80. The van der Waals surface area contributed by atoms with Crippen molar-refractivity contribution in [3.05, 3.63) is 29.3 Å².